The van der Waals surface area contributed by atoms with Gasteiger partial charge < -0.3 is 9.15 Å². The summed E-state index contributed by atoms with van der Waals surface area (Å²) in [6.07, 6.45) is 1.68. The topological polar surface area (TPSA) is 48.2 Å². The van der Waals surface area contributed by atoms with E-state index in [1.807, 2.05) is 6.07 Å². The lowest BCUT2D eigenvalue weighted by molar-refractivity contribution is 0.318. The second-order valence-electron chi connectivity index (χ2n) is 6.85. The summed E-state index contributed by atoms with van der Waals surface area (Å²) in [5.74, 6) is 2.88. The number of ether oxygens (including phenoxy) is 1. The third-order valence-corrected chi connectivity index (χ3v) is 5.18. The summed E-state index contributed by atoms with van der Waals surface area (Å²) in [6.45, 7) is 7.03. The molecule has 3 aromatic rings. The van der Waals surface area contributed by atoms with Crippen molar-refractivity contribution in [2.24, 2.45) is 0 Å². The Morgan fingerprint density at radius 2 is 1.78 bits per heavy atom. The molecule has 0 radical (unpaired) electrons. The highest BCUT2D eigenvalue weighted by atomic mass is 32.2. The molecule has 0 amide bonds. The average Bonchev–Trinajstić information content (AvgIpc) is 3.08. The van der Waals surface area contributed by atoms with E-state index >= 15 is 0 Å². The molecule has 1 heterocycles. The van der Waals surface area contributed by atoms with Gasteiger partial charge in [0.1, 0.15) is 5.75 Å². The number of thioether (sulfide) groups is 1. The van der Waals surface area contributed by atoms with Crippen LogP contribution in [0.5, 0.6) is 5.75 Å². The van der Waals surface area contributed by atoms with E-state index in [9.17, 15) is 0 Å². The summed E-state index contributed by atoms with van der Waals surface area (Å²) in [4.78, 5) is 0. The number of aromatic nitrogens is 2. The maximum absolute atomic E-state index is 5.83. The van der Waals surface area contributed by atoms with E-state index in [0.29, 0.717) is 23.6 Å². The summed E-state index contributed by atoms with van der Waals surface area (Å²) in [5, 5.41) is 8.96. The van der Waals surface area contributed by atoms with Crippen molar-refractivity contribution in [2.75, 3.05) is 12.4 Å². The summed E-state index contributed by atoms with van der Waals surface area (Å²) >= 11 is 1.59. The molecule has 0 aliphatic heterocycles. The molecule has 0 N–H and O–H groups in total. The molecule has 2 aromatic carbocycles. The first kappa shape index (κ1) is 19.5. The largest absolute Gasteiger partial charge is 0.494 e. The zero-order valence-corrected chi connectivity index (χ0v) is 17.0. The van der Waals surface area contributed by atoms with Crippen LogP contribution in [-0.2, 0) is 6.42 Å². The molecule has 0 spiro atoms. The van der Waals surface area contributed by atoms with Gasteiger partial charge in [0.2, 0.25) is 5.89 Å². The van der Waals surface area contributed by atoms with Crippen LogP contribution >= 0.6 is 11.8 Å². The highest BCUT2D eigenvalue weighted by Gasteiger charge is 2.12. The Morgan fingerprint density at radius 3 is 2.52 bits per heavy atom. The molecular weight excluding hydrogens is 356 g/mol. The minimum Gasteiger partial charge on any atom is -0.494 e. The monoisotopic (exact) mass is 382 g/mol. The van der Waals surface area contributed by atoms with E-state index in [-0.39, 0.29) is 0 Å². The Hall–Kier alpha value is -2.27. The molecule has 142 valence electrons. The molecule has 1 aromatic heterocycles. The fourth-order valence-electron chi connectivity index (χ4n) is 2.97. The first-order chi connectivity index (χ1) is 13.1. The Kier molecular flexibility index (Phi) is 6.93. The Morgan fingerprint density at radius 1 is 1.04 bits per heavy atom. The molecule has 0 bridgehead atoms. The van der Waals surface area contributed by atoms with Crippen LogP contribution in [0.1, 0.15) is 41.8 Å². The Balaban J connectivity index is 1.39. The molecule has 0 aliphatic carbocycles. The van der Waals surface area contributed by atoms with Crippen molar-refractivity contribution < 1.29 is 9.15 Å². The minimum absolute atomic E-state index is 0.357. The van der Waals surface area contributed by atoms with Crippen molar-refractivity contribution in [2.45, 2.75) is 44.8 Å². The summed E-state index contributed by atoms with van der Waals surface area (Å²) < 4.78 is 11.6. The fourth-order valence-corrected chi connectivity index (χ4v) is 3.66. The van der Waals surface area contributed by atoms with Gasteiger partial charge in [-0.25, -0.2) is 0 Å². The maximum atomic E-state index is 5.83. The molecule has 1 unspecified atom stereocenters. The van der Waals surface area contributed by atoms with E-state index < -0.39 is 0 Å². The number of hydrogen-bond acceptors (Lipinski definition) is 5. The van der Waals surface area contributed by atoms with Gasteiger partial charge in [-0.2, -0.15) is 0 Å². The molecule has 0 aliphatic rings. The number of benzene rings is 2. The standard InChI is InChI=1S/C22H26N2O2S/c1-16-12-17(2)14-20(13-16)25-10-7-11-27-22-24-23-21(26-22)15-18(3)19-8-5-4-6-9-19/h4-6,8-9,12-14,18H,7,10-11,15H2,1-3H3. The minimum atomic E-state index is 0.357. The summed E-state index contributed by atoms with van der Waals surface area (Å²) in [6, 6.07) is 16.7. The van der Waals surface area contributed by atoms with Gasteiger partial charge in [-0.05, 0) is 55.0 Å². The maximum Gasteiger partial charge on any atom is 0.276 e. The van der Waals surface area contributed by atoms with Crippen LogP contribution in [0.2, 0.25) is 0 Å². The average molecular weight is 383 g/mol. The van der Waals surface area contributed by atoms with Crippen LogP contribution in [0.25, 0.3) is 0 Å². The second-order valence-corrected chi connectivity index (χ2v) is 7.90. The van der Waals surface area contributed by atoms with Crippen molar-refractivity contribution >= 4 is 11.8 Å². The zero-order valence-electron chi connectivity index (χ0n) is 16.1. The zero-order chi connectivity index (χ0) is 19.1. The van der Waals surface area contributed by atoms with E-state index in [4.69, 9.17) is 9.15 Å². The van der Waals surface area contributed by atoms with E-state index in [0.717, 1.165) is 24.3 Å². The van der Waals surface area contributed by atoms with Crippen molar-refractivity contribution in [3.8, 4) is 5.75 Å². The van der Waals surface area contributed by atoms with Crippen LogP contribution in [0, 0.1) is 13.8 Å². The van der Waals surface area contributed by atoms with Gasteiger partial charge in [0.15, 0.2) is 0 Å². The quantitative estimate of drug-likeness (QED) is 0.356. The normalized spacial score (nSPS) is 12.1. The second kappa shape index (κ2) is 9.60. The third kappa shape index (κ3) is 6.14. The molecule has 27 heavy (non-hydrogen) atoms. The predicted molar refractivity (Wildman–Crippen MR) is 110 cm³/mol. The number of hydrogen-bond donors (Lipinski definition) is 0. The number of nitrogens with zero attached hydrogens (tertiary/aromatic N) is 2. The smallest absolute Gasteiger partial charge is 0.276 e. The van der Waals surface area contributed by atoms with Gasteiger partial charge in [-0.3, -0.25) is 0 Å². The Bertz CT molecular complexity index is 828. The van der Waals surface area contributed by atoms with Crippen LogP contribution in [0.15, 0.2) is 58.2 Å². The van der Waals surface area contributed by atoms with Crippen LogP contribution in [0.3, 0.4) is 0 Å². The fraction of sp³-hybridized carbons (Fsp3) is 0.364. The molecular formula is C22H26N2O2S. The van der Waals surface area contributed by atoms with Crippen molar-refractivity contribution in [1.29, 1.82) is 0 Å². The van der Waals surface area contributed by atoms with Gasteiger partial charge in [-0.1, -0.05) is 55.1 Å². The highest BCUT2D eigenvalue weighted by Crippen LogP contribution is 2.23. The van der Waals surface area contributed by atoms with Crippen LogP contribution in [-0.4, -0.2) is 22.6 Å². The molecule has 1 atom stereocenters. The van der Waals surface area contributed by atoms with Gasteiger partial charge >= 0.3 is 0 Å². The lowest BCUT2D eigenvalue weighted by Crippen LogP contribution is -1.99. The molecule has 0 saturated carbocycles. The van der Waals surface area contributed by atoms with E-state index in [1.165, 1.54) is 16.7 Å². The van der Waals surface area contributed by atoms with Crippen molar-refractivity contribution in [3.05, 3.63) is 71.1 Å². The van der Waals surface area contributed by atoms with Crippen LogP contribution in [0.4, 0.5) is 0 Å². The SMILES string of the molecule is Cc1cc(C)cc(OCCCSc2nnc(CC(C)c3ccccc3)o2)c1. The van der Waals surface area contributed by atoms with Crippen molar-refractivity contribution in [3.63, 3.8) is 0 Å². The first-order valence-corrected chi connectivity index (χ1v) is 10.3. The molecule has 0 fully saturated rings. The van der Waals surface area contributed by atoms with Gasteiger partial charge in [0.05, 0.1) is 6.61 Å². The first-order valence-electron chi connectivity index (χ1n) is 9.31. The number of rotatable bonds is 9. The van der Waals surface area contributed by atoms with Gasteiger partial charge in [-0.15, -0.1) is 10.2 Å². The lowest BCUT2D eigenvalue weighted by atomic mass is 9.98. The Labute approximate surface area is 165 Å². The summed E-state index contributed by atoms with van der Waals surface area (Å²) in [7, 11) is 0. The lowest BCUT2D eigenvalue weighted by Gasteiger charge is -2.08. The molecule has 4 nitrogen and oxygen atoms in total. The third-order valence-electron chi connectivity index (χ3n) is 4.28. The molecule has 3 rings (SSSR count). The number of aryl methyl sites for hydroxylation is 2. The van der Waals surface area contributed by atoms with Gasteiger partial charge in [0, 0.05) is 12.2 Å². The van der Waals surface area contributed by atoms with Gasteiger partial charge in [0.25, 0.3) is 5.22 Å². The highest BCUT2D eigenvalue weighted by molar-refractivity contribution is 7.99. The molecule has 5 heteroatoms. The van der Waals surface area contributed by atoms with Crippen molar-refractivity contribution in [1.82, 2.24) is 10.2 Å². The predicted octanol–water partition coefficient (Wildman–Crippen LogP) is 5.59. The molecule has 0 saturated heterocycles. The van der Waals surface area contributed by atoms with E-state index in [1.54, 1.807) is 11.8 Å². The van der Waals surface area contributed by atoms with Crippen LogP contribution < -0.4 is 4.74 Å². The summed E-state index contributed by atoms with van der Waals surface area (Å²) in [5.41, 5.74) is 3.73. The van der Waals surface area contributed by atoms with E-state index in [2.05, 4.69) is 73.4 Å².